The molecule has 1 aromatic heterocycles. The number of ketones is 1. The molecule has 2 aliphatic rings. The number of aromatic nitrogens is 2. The molecule has 0 aromatic carbocycles. The molecule has 0 spiro atoms. The number of thioether (sulfide) groups is 1. The van der Waals surface area contributed by atoms with Crippen LogP contribution in [0.4, 0.5) is 0 Å². The van der Waals surface area contributed by atoms with E-state index < -0.39 is 6.04 Å². The van der Waals surface area contributed by atoms with Gasteiger partial charge in [-0.2, -0.15) is 0 Å². The van der Waals surface area contributed by atoms with Crippen molar-refractivity contribution in [1.82, 2.24) is 26.1 Å². The quantitative estimate of drug-likeness (QED) is 0.321. The number of carbonyl (C=O) groups is 2. The zero-order valence-electron chi connectivity index (χ0n) is 16.5. The van der Waals surface area contributed by atoms with Crippen molar-refractivity contribution >= 4 is 23.5 Å². The second kappa shape index (κ2) is 10.9. The predicted octanol–water partition coefficient (Wildman–Crippen LogP) is 1.63. The Labute approximate surface area is 170 Å². The van der Waals surface area contributed by atoms with Crippen LogP contribution in [0.25, 0.3) is 0 Å². The van der Waals surface area contributed by atoms with Crippen LogP contribution in [0.3, 0.4) is 0 Å². The molecule has 1 saturated heterocycles. The van der Waals surface area contributed by atoms with Crippen molar-refractivity contribution in [2.75, 3.05) is 32.4 Å². The van der Waals surface area contributed by atoms with Gasteiger partial charge < -0.3 is 20.4 Å². The van der Waals surface area contributed by atoms with Gasteiger partial charge in [-0.1, -0.05) is 31.0 Å². The third-order valence-electron chi connectivity index (χ3n) is 5.61. The highest BCUT2D eigenvalue weighted by Gasteiger charge is 2.36. The molecule has 2 fully saturated rings. The summed E-state index contributed by atoms with van der Waals surface area (Å²) in [6.45, 7) is 2.51. The number of carbonyl (C=O) groups excluding carboxylic acids is 2. The summed E-state index contributed by atoms with van der Waals surface area (Å²) in [6.07, 6.45) is 6.87. The molecular weight excluding hydrogens is 378 g/mol. The van der Waals surface area contributed by atoms with Crippen LogP contribution in [0.1, 0.15) is 55.6 Å². The number of nitrogens with one attached hydrogen (secondary N) is 3. The molecule has 0 bridgehead atoms. The number of piperidine rings is 1. The van der Waals surface area contributed by atoms with Crippen molar-refractivity contribution in [2.45, 2.75) is 56.2 Å². The van der Waals surface area contributed by atoms with Gasteiger partial charge >= 0.3 is 0 Å². The van der Waals surface area contributed by atoms with Gasteiger partial charge in [-0.05, 0) is 51.7 Å². The second-order valence-corrected chi connectivity index (χ2v) is 8.64. The van der Waals surface area contributed by atoms with Gasteiger partial charge in [-0.3, -0.25) is 9.59 Å². The van der Waals surface area contributed by atoms with Crippen molar-refractivity contribution in [1.29, 1.82) is 0 Å². The molecule has 1 aliphatic heterocycles. The highest BCUT2D eigenvalue weighted by molar-refractivity contribution is 7.99. The van der Waals surface area contributed by atoms with E-state index in [-0.39, 0.29) is 29.4 Å². The van der Waals surface area contributed by atoms with Gasteiger partial charge in [-0.25, -0.2) is 0 Å². The van der Waals surface area contributed by atoms with Gasteiger partial charge in [0, 0.05) is 18.2 Å². The smallest absolute Gasteiger partial charge is 0.286 e. The molecular formula is C19H31N5O3S. The highest BCUT2D eigenvalue weighted by Crippen LogP contribution is 2.26. The van der Waals surface area contributed by atoms with Crippen LogP contribution >= 0.6 is 11.8 Å². The van der Waals surface area contributed by atoms with E-state index >= 15 is 0 Å². The molecule has 3 rings (SSSR count). The van der Waals surface area contributed by atoms with Crippen molar-refractivity contribution in [3.8, 4) is 0 Å². The number of hydrogen-bond acceptors (Lipinski definition) is 8. The van der Waals surface area contributed by atoms with E-state index in [2.05, 4.69) is 26.1 Å². The Morgan fingerprint density at radius 2 is 1.93 bits per heavy atom. The number of hydrogen-bond donors (Lipinski definition) is 3. The Kier molecular flexibility index (Phi) is 8.29. The number of Topliss-reactive ketones (excluding diaryl/α,β-unsaturated/α-hetero) is 1. The third kappa shape index (κ3) is 5.78. The van der Waals surface area contributed by atoms with E-state index in [1.165, 1.54) is 18.2 Å². The molecule has 156 valence electrons. The van der Waals surface area contributed by atoms with Gasteiger partial charge in [0.15, 0.2) is 0 Å². The predicted molar refractivity (Wildman–Crippen MR) is 107 cm³/mol. The second-order valence-electron chi connectivity index (χ2n) is 7.60. The third-order valence-corrected chi connectivity index (χ3v) is 6.43. The summed E-state index contributed by atoms with van der Waals surface area (Å²) in [5.74, 6) is 0.625. The molecule has 1 aliphatic carbocycles. The van der Waals surface area contributed by atoms with Gasteiger partial charge in [0.05, 0.1) is 0 Å². The minimum atomic E-state index is -0.591. The fourth-order valence-corrected chi connectivity index (χ4v) is 4.67. The summed E-state index contributed by atoms with van der Waals surface area (Å²) in [7, 11) is 1.88. The van der Waals surface area contributed by atoms with Gasteiger partial charge in [0.2, 0.25) is 11.7 Å². The highest BCUT2D eigenvalue weighted by atomic mass is 32.2. The van der Waals surface area contributed by atoms with E-state index in [1.54, 1.807) is 0 Å². The average molecular weight is 410 g/mol. The van der Waals surface area contributed by atoms with Crippen molar-refractivity contribution in [3.05, 3.63) is 5.89 Å². The minimum Gasteiger partial charge on any atom is -0.408 e. The maximum absolute atomic E-state index is 13.2. The van der Waals surface area contributed by atoms with Crippen LogP contribution < -0.4 is 16.0 Å². The lowest BCUT2D eigenvalue weighted by atomic mass is 9.85. The van der Waals surface area contributed by atoms with Crippen LogP contribution in [0.15, 0.2) is 9.64 Å². The Morgan fingerprint density at radius 3 is 2.64 bits per heavy atom. The first kappa shape index (κ1) is 21.3. The molecule has 1 saturated carbocycles. The number of nitrogens with zero attached hydrogens (tertiary/aromatic N) is 2. The zero-order chi connectivity index (χ0) is 19.8. The lowest BCUT2D eigenvalue weighted by molar-refractivity contribution is -0.126. The monoisotopic (exact) mass is 409 g/mol. The molecule has 28 heavy (non-hydrogen) atoms. The van der Waals surface area contributed by atoms with Crippen molar-refractivity contribution < 1.29 is 14.0 Å². The summed E-state index contributed by atoms with van der Waals surface area (Å²) in [6, 6.07) is -0.591. The molecule has 1 aromatic rings. The number of amides is 1. The van der Waals surface area contributed by atoms with Crippen LogP contribution in [0.2, 0.25) is 0 Å². The van der Waals surface area contributed by atoms with E-state index in [9.17, 15) is 9.59 Å². The van der Waals surface area contributed by atoms with E-state index in [1.807, 2.05) is 7.05 Å². The van der Waals surface area contributed by atoms with Crippen LogP contribution in [-0.4, -0.2) is 60.4 Å². The lowest BCUT2D eigenvalue weighted by Gasteiger charge is -2.31. The minimum absolute atomic E-state index is 0.000262. The zero-order valence-corrected chi connectivity index (χ0v) is 17.4. The van der Waals surface area contributed by atoms with E-state index in [0.29, 0.717) is 5.22 Å². The summed E-state index contributed by atoms with van der Waals surface area (Å²) in [5.41, 5.74) is 0. The van der Waals surface area contributed by atoms with Crippen LogP contribution in [-0.2, 0) is 4.79 Å². The fourth-order valence-electron chi connectivity index (χ4n) is 3.95. The molecule has 1 amide bonds. The first-order valence-electron chi connectivity index (χ1n) is 10.3. The Balaban J connectivity index is 1.68. The normalized spacial score (nSPS) is 20.0. The Hall–Kier alpha value is -1.45. The molecule has 3 N–H and O–H groups in total. The summed E-state index contributed by atoms with van der Waals surface area (Å²) in [5, 5.41) is 17.7. The Bertz CT molecular complexity index is 641. The van der Waals surface area contributed by atoms with Gasteiger partial charge in [0.25, 0.3) is 11.1 Å². The molecule has 0 radical (unpaired) electrons. The molecule has 9 heteroatoms. The van der Waals surface area contributed by atoms with E-state index in [0.717, 1.165) is 63.9 Å². The maximum Gasteiger partial charge on any atom is 0.286 e. The summed E-state index contributed by atoms with van der Waals surface area (Å²) >= 11 is 1.41. The topological polar surface area (TPSA) is 109 Å². The van der Waals surface area contributed by atoms with Gasteiger partial charge in [0.1, 0.15) is 6.04 Å². The summed E-state index contributed by atoms with van der Waals surface area (Å²) in [4.78, 5) is 26.0. The molecule has 2 heterocycles. The summed E-state index contributed by atoms with van der Waals surface area (Å²) < 4.78 is 5.59. The molecule has 1 atom stereocenters. The number of rotatable bonds is 9. The maximum atomic E-state index is 13.2. The standard InChI is InChI=1S/C19H31N5O3S/c1-20-11-12-28-19-24-23-18(27-19)16(25)15(13-7-9-21-10-8-13)22-17(26)14-5-3-2-4-6-14/h13-15,20-21H,2-12H2,1H3,(H,22,26). The van der Waals surface area contributed by atoms with Crippen molar-refractivity contribution in [2.24, 2.45) is 11.8 Å². The van der Waals surface area contributed by atoms with E-state index in [4.69, 9.17) is 4.42 Å². The first-order valence-corrected chi connectivity index (χ1v) is 11.3. The largest absolute Gasteiger partial charge is 0.408 e. The lowest BCUT2D eigenvalue weighted by Crippen LogP contribution is -2.50. The van der Waals surface area contributed by atoms with Gasteiger partial charge in [-0.15, -0.1) is 10.2 Å². The molecule has 1 unspecified atom stereocenters. The average Bonchev–Trinajstić information content (AvgIpc) is 3.22. The SMILES string of the molecule is CNCCSc1nnc(C(=O)C(NC(=O)C2CCCCC2)C2CCNCC2)o1. The van der Waals surface area contributed by atoms with Crippen LogP contribution in [0.5, 0.6) is 0 Å². The van der Waals surface area contributed by atoms with Crippen LogP contribution in [0, 0.1) is 11.8 Å². The Morgan fingerprint density at radius 1 is 1.18 bits per heavy atom. The van der Waals surface area contributed by atoms with Crippen molar-refractivity contribution in [3.63, 3.8) is 0 Å². The molecule has 8 nitrogen and oxygen atoms in total. The fraction of sp³-hybridized carbons (Fsp3) is 0.789. The first-order chi connectivity index (χ1) is 13.7.